The fraction of sp³-hybridized carbons (Fsp3) is 0.385. The Kier molecular flexibility index (Phi) is 4.28. The molecule has 0 aliphatic rings. The van der Waals surface area contributed by atoms with Gasteiger partial charge in [-0.2, -0.15) is 0 Å². The van der Waals surface area contributed by atoms with Crippen molar-refractivity contribution in [2.24, 2.45) is 0 Å². The van der Waals surface area contributed by atoms with E-state index >= 15 is 0 Å². The molecule has 0 aliphatic heterocycles. The summed E-state index contributed by atoms with van der Waals surface area (Å²) in [5, 5.41) is 3.51. The molecule has 0 saturated carbocycles. The SMILES string of the molecule is CCCNC(c1cncs1)c1cc(C)cnc1N. The molecule has 0 fully saturated rings. The Morgan fingerprint density at radius 1 is 1.44 bits per heavy atom. The molecule has 0 amide bonds. The van der Waals surface area contributed by atoms with Crippen molar-refractivity contribution in [1.82, 2.24) is 15.3 Å². The molecule has 2 rings (SSSR count). The Morgan fingerprint density at radius 2 is 2.28 bits per heavy atom. The number of aromatic nitrogens is 2. The molecule has 18 heavy (non-hydrogen) atoms. The van der Waals surface area contributed by atoms with E-state index in [0.29, 0.717) is 5.82 Å². The van der Waals surface area contributed by atoms with Crippen molar-refractivity contribution in [2.45, 2.75) is 26.3 Å². The molecular formula is C13H18N4S. The number of thiazole rings is 1. The zero-order valence-electron chi connectivity index (χ0n) is 10.7. The summed E-state index contributed by atoms with van der Waals surface area (Å²) in [6, 6.07) is 2.18. The van der Waals surface area contributed by atoms with E-state index in [-0.39, 0.29) is 6.04 Å². The normalized spacial score (nSPS) is 12.6. The van der Waals surface area contributed by atoms with Gasteiger partial charge in [-0.15, -0.1) is 11.3 Å². The Labute approximate surface area is 111 Å². The highest BCUT2D eigenvalue weighted by atomic mass is 32.1. The van der Waals surface area contributed by atoms with Crippen molar-refractivity contribution in [3.63, 3.8) is 0 Å². The third-order valence-electron chi connectivity index (χ3n) is 2.73. The highest BCUT2D eigenvalue weighted by Crippen LogP contribution is 2.28. The number of hydrogen-bond donors (Lipinski definition) is 2. The van der Waals surface area contributed by atoms with Gasteiger partial charge in [-0.1, -0.05) is 6.92 Å². The van der Waals surface area contributed by atoms with Crippen LogP contribution in [0.4, 0.5) is 5.82 Å². The average molecular weight is 262 g/mol. The van der Waals surface area contributed by atoms with E-state index in [1.54, 1.807) is 17.5 Å². The maximum Gasteiger partial charge on any atom is 0.128 e. The summed E-state index contributed by atoms with van der Waals surface area (Å²) in [6.07, 6.45) is 4.76. The molecule has 0 bridgehead atoms. The van der Waals surface area contributed by atoms with E-state index in [1.165, 1.54) is 4.88 Å². The number of aryl methyl sites for hydroxylation is 1. The van der Waals surface area contributed by atoms with Gasteiger partial charge in [0.15, 0.2) is 0 Å². The van der Waals surface area contributed by atoms with Gasteiger partial charge in [0.2, 0.25) is 0 Å². The number of anilines is 1. The molecular weight excluding hydrogens is 244 g/mol. The zero-order chi connectivity index (χ0) is 13.0. The average Bonchev–Trinajstić information content (AvgIpc) is 2.88. The molecule has 96 valence electrons. The van der Waals surface area contributed by atoms with Crippen molar-refractivity contribution in [3.05, 3.63) is 40.0 Å². The first-order chi connectivity index (χ1) is 8.72. The second-order valence-corrected chi connectivity index (χ2v) is 5.20. The number of nitrogens with two attached hydrogens (primary N) is 1. The van der Waals surface area contributed by atoms with Gasteiger partial charge >= 0.3 is 0 Å². The van der Waals surface area contributed by atoms with Crippen LogP contribution < -0.4 is 11.1 Å². The van der Waals surface area contributed by atoms with Crippen LogP contribution in [0.1, 0.15) is 35.4 Å². The smallest absolute Gasteiger partial charge is 0.128 e. The molecule has 4 nitrogen and oxygen atoms in total. The summed E-state index contributed by atoms with van der Waals surface area (Å²) in [6.45, 7) is 5.12. The number of nitrogens with zero attached hydrogens (tertiary/aromatic N) is 2. The number of nitrogens with one attached hydrogen (secondary N) is 1. The molecule has 0 aliphatic carbocycles. The maximum absolute atomic E-state index is 6.00. The molecule has 0 spiro atoms. The third kappa shape index (κ3) is 2.86. The monoisotopic (exact) mass is 262 g/mol. The summed E-state index contributed by atoms with van der Waals surface area (Å²) >= 11 is 1.63. The molecule has 1 unspecified atom stereocenters. The lowest BCUT2D eigenvalue weighted by Gasteiger charge is -2.19. The van der Waals surface area contributed by atoms with Gasteiger partial charge in [-0.25, -0.2) is 4.98 Å². The van der Waals surface area contributed by atoms with Crippen molar-refractivity contribution in [2.75, 3.05) is 12.3 Å². The van der Waals surface area contributed by atoms with Crippen LogP contribution in [0, 0.1) is 6.92 Å². The summed E-state index contributed by atoms with van der Waals surface area (Å²) in [5.41, 5.74) is 10.00. The van der Waals surface area contributed by atoms with Crippen LogP contribution in [0.5, 0.6) is 0 Å². The van der Waals surface area contributed by atoms with Gasteiger partial charge in [0.05, 0.1) is 11.6 Å². The first kappa shape index (κ1) is 13.0. The number of hydrogen-bond acceptors (Lipinski definition) is 5. The minimum atomic E-state index is 0.0878. The van der Waals surface area contributed by atoms with E-state index in [0.717, 1.165) is 24.1 Å². The lowest BCUT2D eigenvalue weighted by Crippen LogP contribution is -2.23. The van der Waals surface area contributed by atoms with Crippen molar-refractivity contribution >= 4 is 17.2 Å². The van der Waals surface area contributed by atoms with E-state index in [9.17, 15) is 0 Å². The van der Waals surface area contributed by atoms with Gasteiger partial charge in [-0.3, -0.25) is 4.98 Å². The fourth-order valence-corrected chi connectivity index (χ4v) is 2.57. The van der Waals surface area contributed by atoms with E-state index in [1.807, 2.05) is 18.6 Å². The van der Waals surface area contributed by atoms with Gasteiger partial charge in [0.1, 0.15) is 5.82 Å². The minimum absolute atomic E-state index is 0.0878. The number of nitrogen functional groups attached to an aromatic ring is 1. The Bertz CT molecular complexity index is 496. The zero-order valence-corrected chi connectivity index (χ0v) is 11.5. The Hall–Kier alpha value is -1.46. The van der Waals surface area contributed by atoms with Crippen molar-refractivity contribution in [3.8, 4) is 0 Å². The first-order valence-corrected chi connectivity index (χ1v) is 6.94. The van der Waals surface area contributed by atoms with Gasteiger partial charge < -0.3 is 11.1 Å². The second kappa shape index (κ2) is 5.93. The summed E-state index contributed by atoms with van der Waals surface area (Å²) in [7, 11) is 0. The van der Waals surface area contributed by atoms with E-state index in [4.69, 9.17) is 5.73 Å². The van der Waals surface area contributed by atoms with E-state index < -0.39 is 0 Å². The highest BCUT2D eigenvalue weighted by Gasteiger charge is 2.18. The van der Waals surface area contributed by atoms with Crippen LogP contribution in [-0.2, 0) is 0 Å². The summed E-state index contributed by atoms with van der Waals surface area (Å²) in [5.74, 6) is 0.586. The van der Waals surface area contributed by atoms with Crippen LogP contribution in [0.25, 0.3) is 0 Å². The largest absolute Gasteiger partial charge is 0.383 e. The Morgan fingerprint density at radius 3 is 2.94 bits per heavy atom. The molecule has 1 atom stereocenters. The molecule has 2 heterocycles. The first-order valence-electron chi connectivity index (χ1n) is 6.06. The van der Waals surface area contributed by atoms with Crippen molar-refractivity contribution < 1.29 is 0 Å². The molecule has 0 saturated heterocycles. The summed E-state index contributed by atoms with van der Waals surface area (Å²) in [4.78, 5) is 9.55. The molecule has 5 heteroatoms. The molecule has 0 aromatic carbocycles. The lowest BCUT2D eigenvalue weighted by atomic mass is 10.0. The Balaban J connectivity index is 2.36. The van der Waals surface area contributed by atoms with Crippen LogP contribution in [0.3, 0.4) is 0 Å². The van der Waals surface area contributed by atoms with Gasteiger partial charge in [0.25, 0.3) is 0 Å². The van der Waals surface area contributed by atoms with Crippen LogP contribution in [0.15, 0.2) is 24.0 Å². The fourth-order valence-electron chi connectivity index (χ4n) is 1.85. The number of rotatable bonds is 5. The molecule has 3 N–H and O–H groups in total. The van der Waals surface area contributed by atoms with Crippen LogP contribution in [-0.4, -0.2) is 16.5 Å². The van der Waals surface area contributed by atoms with Crippen LogP contribution >= 0.6 is 11.3 Å². The topological polar surface area (TPSA) is 63.8 Å². The molecule has 0 radical (unpaired) electrons. The van der Waals surface area contributed by atoms with E-state index in [2.05, 4.69) is 28.3 Å². The van der Waals surface area contributed by atoms with Gasteiger partial charge in [-0.05, 0) is 31.5 Å². The van der Waals surface area contributed by atoms with Gasteiger partial charge in [0, 0.05) is 22.8 Å². The minimum Gasteiger partial charge on any atom is -0.383 e. The molecule has 2 aromatic heterocycles. The summed E-state index contributed by atoms with van der Waals surface area (Å²) < 4.78 is 0. The van der Waals surface area contributed by atoms with Crippen LogP contribution in [0.2, 0.25) is 0 Å². The molecule has 2 aromatic rings. The van der Waals surface area contributed by atoms with Crippen molar-refractivity contribution in [1.29, 1.82) is 0 Å². The lowest BCUT2D eigenvalue weighted by molar-refractivity contribution is 0.604. The predicted molar refractivity (Wildman–Crippen MR) is 75.6 cm³/mol. The highest BCUT2D eigenvalue weighted by molar-refractivity contribution is 7.09. The number of pyridine rings is 1. The second-order valence-electron chi connectivity index (χ2n) is 4.28. The third-order valence-corrected chi connectivity index (χ3v) is 3.57. The quantitative estimate of drug-likeness (QED) is 0.869. The standard InChI is InChI=1S/C13H18N4S/c1-3-4-16-12(11-7-15-8-18-11)10-5-9(2)6-17-13(10)14/h5-8,12,16H,3-4H2,1-2H3,(H2,14,17). The maximum atomic E-state index is 6.00. The predicted octanol–water partition coefficient (Wildman–Crippen LogP) is 2.52.